The number of carbonyl (C=O) groups excluding carboxylic acids is 1. The summed E-state index contributed by atoms with van der Waals surface area (Å²) in [6.45, 7) is 2.42. The molecule has 0 spiro atoms. The number of carbonyl (C=O) groups is 1. The molecule has 0 heterocycles. The van der Waals surface area contributed by atoms with Crippen LogP contribution in [0.25, 0.3) is 0 Å². The van der Waals surface area contributed by atoms with Crippen molar-refractivity contribution in [1.82, 2.24) is 0 Å². The molecule has 0 fully saturated rings. The number of hydrogen-bond donors (Lipinski definition) is 0. The quantitative estimate of drug-likeness (QED) is 0.571. The highest BCUT2D eigenvalue weighted by molar-refractivity contribution is 6.66. The Morgan fingerprint density at radius 3 is 2.36 bits per heavy atom. The van der Waals surface area contributed by atoms with Crippen molar-refractivity contribution in [3.8, 4) is 5.75 Å². The Labute approximate surface area is 88.2 Å². The van der Waals surface area contributed by atoms with Gasteiger partial charge in [0, 0.05) is 12.2 Å². The summed E-state index contributed by atoms with van der Waals surface area (Å²) in [6.07, 6.45) is 0. The third-order valence-electron chi connectivity index (χ3n) is 1.91. The van der Waals surface area contributed by atoms with E-state index in [0.717, 1.165) is 11.4 Å². The van der Waals surface area contributed by atoms with Crippen molar-refractivity contribution < 1.29 is 9.53 Å². The van der Waals surface area contributed by atoms with E-state index >= 15 is 0 Å². The molecule has 14 heavy (non-hydrogen) atoms. The highest BCUT2D eigenvalue weighted by Crippen LogP contribution is 2.20. The lowest BCUT2D eigenvalue weighted by molar-refractivity contribution is 0.264. The normalized spacial score (nSPS) is 9.64. The third-order valence-corrected chi connectivity index (χ3v) is 2.12. The highest BCUT2D eigenvalue weighted by Gasteiger charge is 2.10. The van der Waals surface area contributed by atoms with Crippen molar-refractivity contribution in [2.24, 2.45) is 0 Å². The molecule has 0 aliphatic rings. The lowest BCUT2D eigenvalue weighted by Gasteiger charge is -2.17. The zero-order valence-electron chi connectivity index (χ0n) is 8.16. The van der Waals surface area contributed by atoms with Gasteiger partial charge in [-0.15, -0.1) is 0 Å². The van der Waals surface area contributed by atoms with Crippen LogP contribution in [-0.2, 0) is 0 Å². The zero-order valence-corrected chi connectivity index (χ0v) is 8.91. The van der Waals surface area contributed by atoms with Crippen molar-refractivity contribution in [2.45, 2.75) is 6.92 Å². The molecule has 0 aromatic heterocycles. The molecule has 0 aliphatic carbocycles. The largest absolute Gasteiger partial charge is 0.497 e. The Morgan fingerprint density at radius 2 is 2.00 bits per heavy atom. The van der Waals surface area contributed by atoms with Crippen LogP contribution in [0.1, 0.15) is 6.92 Å². The van der Waals surface area contributed by atoms with E-state index in [4.69, 9.17) is 16.3 Å². The first-order valence-electron chi connectivity index (χ1n) is 4.30. The summed E-state index contributed by atoms with van der Waals surface area (Å²) >= 11 is 5.41. The monoisotopic (exact) mass is 213 g/mol. The van der Waals surface area contributed by atoms with Gasteiger partial charge < -0.3 is 4.74 Å². The minimum atomic E-state index is -0.474. The standard InChI is InChI=1S/C10H12ClNO2/c1-3-12(10(11)13)8-4-6-9(14-2)7-5-8/h4-7H,3H2,1-2H3. The molecule has 1 aromatic rings. The van der Waals surface area contributed by atoms with E-state index in [-0.39, 0.29) is 0 Å². The van der Waals surface area contributed by atoms with Crippen LogP contribution in [0.2, 0.25) is 0 Å². The fourth-order valence-electron chi connectivity index (χ4n) is 1.17. The van der Waals surface area contributed by atoms with Gasteiger partial charge in [0.15, 0.2) is 0 Å². The van der Waals surface area contributed by atoms with Crippen molar-refractivity contribution >= 4 is 22.7 Å². The Morgan fingerprint density at radius 1 is 1.43 bits per heavy atom. The zero-order chi connectivity index (χ0) is 10.6. The van der Waals surface area contributed by atoms with Crippen molar-refractivity contribution in [1.29, 1.82) is 0 Å². The average Bonchev–Trinajstić information content (AvgIpc) is 2.19. The van der Waals surface area contributed by atoms with Crippen LogP contribution >= 0.6 is 11.6 Å². The molecule has 1 aromatic carbocycles. The van der Waals surface area contributed by atoms with Gasteiger partial charge in [-0.05, 0) is 42.8 Å². The molecular formula is C10H12ClNO2. The Kier molecular flexibility index (Phi) is 3.77. The van der Waals surface area contributed by atoms with E-state index in [1.807, 2.05) is 6.92 Å². The van der Waals surface area contributed by atoms with Crippen LogP contribution < -0.4 is 9.64 Å². The lowest BCUT2D eigenvalue weighted by Crippen LogP contribution is -2.24. The number of nitrogens with zero attached hydrogens (tertiary/aromatic N) is 1. The number of ether oxygens (including phenoxy) is 1. The second-order valence-electron chi connectivity index (χ2n) is 2.70. The summed E-state index contributed by atoms with van der Waals surface area (Å²) in [6, 6.07) is 7.17. The summed E-state index contributed by atoms with van der Waals surface area (Å²) in [5, 5.41) is -0.474. The maximum Gasteiger partial charge on any atom is 0.320 e. The van der Waals surface area contributed by atoms with E-state index in [1.54, 1.807) is 31.4 Å². The minimum absolute atomic E-state index is 0.474. The maximum atomic E-state index is 11.0. The number of methoxy groups -OCH3 is 1. The summed E-state index contributed by atoms with van der Waals surface area (Å²) in [5.74, 6) is 0.756. The van der Waals surface area contributed by atoms with Crippen LogP contribution in [0.15, 0.2) is 24.3 Å². The number of hydrogen-bond acceptors (Lipinski definition) is 2. The fourth-order valence-corrected chi connectivity index (χ4v) is 1.39. The molecule has 4 heteroatoms. The molecule has 1 amide bonds. The predicted octanol–water partition coefficient (Wildman–Crippen LogP) is 2.88. The van der Waals surface area contributed by atoms with Crippen molar-refractivity contribution in [3.63, 3.8) is 0 Å². The Hall–Kier alpha value is -1.22. The smallest absolute Gasteiger partial charge is 0.320 e. The molecule has 0 atom stereocenters. The molecular weight excluding hydrogens is 202 g/mol. The van der Waals surface area contributed by atoms with Gasteiger partial charge in [0.25, 0.3) is 0 Å². The summed E-state index contributed by atoms with van der Waals surface area (Å²) in [7, 11) is 1.60. The first-order valence-corrected chi connectivity index (χ1v) is 4.68. The lowest BCUT2D eigenvalue weighted by atomic mass is 10.3. The topological polar surface area (TPSA) is 29.5 Å². The van der Waals surface area contributed by atoms with Crippen LogP contribution in [0, 0.1) is 0 Å². The van der Waals surface area contributed by atoms with Gasteiger partial charge >= 0.3 is 5.37 Å². The summed E-state index contributed by atoms with van der Waals surface area (Å²) in [5.41, 5.74) is 0.772. The van der Waals surface area contributed by atoms with Crippen LogP contribution in [0.5, 0.6) is 5.75 Å². The fraction of sp³-hybridized carbons (Fsp3) is 0.300. The SMILES string of the molecule is CCN(C(=O)Cl)c1ccc(OC)cc1. The molecule has 1 rings (SSSR count). The van der Waals surface area contributed by atoms with Gasteiger partial charge in [-0.1, -0.05) is 0 Å². The number of benzene rings is 1. The predicted molar refractivity (Wildman–Crippen MR) is 57.3 cm³/mol. The Bertz CT molecular complexity index is 310. The van der Waals surface area contributed by atoms with E-state index < -0.39 is 5.37 Å². The van der Waals surface area contributed by atoms with Crippen molar-refractivity contribution in [2.75, 3.05) is 18.6 Å². The highest BCUT2D eigenvalue weighted by atomic mass is 35.5. The number of amides is 1. The molecule has 0 unspecified atom stereocenters. The van der Waals surface area contributed by atoms with Gasteiger partial charge in [0.2, 0.25) is 0 Å². The van der Waals surface area contributed by atoms with Gasteiger partial charge in [-0.3, -0.25) is 9.69 Å². The number of rotatable bonds is 3. The minimum Gasteiger partial charge on any atom is -0.497 e. The summed E-state index contributed by atoms with van der Waals surface area (Å²) in [4.78, 5) is 12.5. The van der Waals surface area contributed by atoms with E-state index in [9.17, 15) is 4.79 Å². The number of anilines is 1. The Balaban J connectivity index is 2.89. The average molecular weight is 214 g/mol. The van der Waals surface area contributed by atoms with Gasteiger partial charge in [-0.25, -0.2) is 0 Å². The first-order chi connectivity index (χ1) is 6.69. The molecule has 0 bridgehead atoms. The second kappa shape index (κ2) is 4.86. The molecule has 0 saturated heterocycles. The van der Waals surface area contributed by atoms with E-state index in [0.29, 0.717) is 6.54 Å². The van der Waals surface area contributed by atoms with Crippen LogP contribution in [0.3, 0.4) is 0 Å². The number of halogens is 1. The van der Waals surface area contributed by atoms with Crippen LogP contribution in [-0.4, -0.2) is 19.0 Å². The van der Waals surface area contributed by atoms with Gasteiger partial charge in [-0.2, -0.15) is 0 Å². The third kappa shape index (κ3) is 2.39. The first kappa shape index (κ1) is 10.9. The van der Waals surface area contributed by atoms with Gasteiger partial charge in [0.05, 0.1) is 7.11 Å². The molecule has 76 valence electrons. The van der Waals surface area contributed by atoms with Crippen LogP contribution in [0.4, 0.5) is 10.5 Å². The summed E-state index contributed by atoms with van der Waals surface area (Å²) < 4.78 is 5.01. The molecule has 0 aliphatic heterocycles. The molecule has 0 radical (unpaired) electrons. The van der Waals surface area contributed by atoms with Crippen molar-refractivity contribution in [3.05, 3.63) is 24.3 Å². The molecule has 3 nitrogen and oxygen atoms in total. The van der Waals surface area contributed by atoms with Gasteiger partial charge in [0.1, 0.15) is 5.75 Å². The van der Waals surface area contributed by atoms with E-state index in [2.05, 4.69) is 0 Å². The molecule has 0 saturated carbocycles. The molecule has 0 N–H and O–H groups in total. The van der Waals surface area contributed by atoms with E-state index in [1.165, 1.54) is 4.90 Å². The maximum absolute atomic E-state index is 11.0. The second-order valence-corrected chi connectivity index (χ2v) is 3.02.